The van der Waals surface area contributed by atoms with Gasteiger partial charge in [-0.2, -0.15) is 13.2 Å². The molecule has 4 nitrogen and oxygen atoms in total. The fourth-order valence-corrected chi connectivity index (χ4v) is 3.25. The third-order valence-electron chi connectivity index (χ3n) is 4.43. The Bertz CT molecular complexity index is 643. The summed E-state index contributed by atoms with van der Waals surface area (Å²) in [7, 11) is 0. The Balaban J connectivity index is 2.22. The summed E-state index contributed by atoms with van der Waals surface area (Å²) in [6.07, 6.45) is -2.96. The number of ether oxygens (including phenoxy) is 1. The van der Waals surface area contributed by atoms with Crippen molar-refractivity contribution in [1.82, 2.24) is 4.90 Å². The molecular formula is C18H22F3NO3. The number of alkyl halides is 3. The van der Waals surface area contributed by atoms with Gasteiger partial charge in [0.1, 0.15) is 0 Å². The first-order chi connectivity index (χ1) is 11.8. The van der Waals surface area contributed by atoms with Gasteiger partial charge in [0.15, 0.2) is 0 Å². The van der Waals surface area contributed by atoms with E-state index in [0.29, 0.717) is 24.8 Å². The highest BCUT2D eigenvalue weighted by molar-refractivity contribution is 5.89. The molecule has 1 aliphatic heterocycles. The van der Waals surface area contributed by atoms with Crippen molar-refractivity contribution in [2.75, 3.05) is 19.7 Å². The number of carbonyl (C=O) groups excluding carboxylic acids is 2. The maximum Gasteiger partial charge on any atom is 0.471 e. The first-order valence-electron chi connectivity index (χ1n) is 8.44. The molecule has 0 aliphatic carbocycles. The molecular weight excluding hydrogens is 335 g/mol. The molecule has 1 aromatic rings. The quantitative estimate of drug-likeness (QED) is 0.772. The summed E-state index contributed by atoms with van der Waals surface area (Å²) in [5.41, 5.74) is 2.23. The molecule has 0 aromatic heterocycles. The van der Waals surface area contributed by atoms with E-state index in [2.05, 4.69) is 0 Å². The minimum Gasteiger partial charge on any atom is -0.462 e. The van der Waals surface area contributed by atoms with Crippen LogP contribution in [0.2, 0.25) is 0 Å². The number of aryl methyl sites for hydroxylation is 1. The first kappa shape index (κ1) is 19.3. The summed E-state index contributed by atoms with van der Waals surface area (Å²) < 4.78 is 43.0. The topological polar surface area (TPSA) is 46.6 Å². The molecule has 1 aliphatic rings. The van der Waals surface area contributed by atoms with Gasteiger partial charge in [-0.05, 0) is 49.4 Å². The van der Waals surface area contributed by atoms with Crippen LogP contribution >= 0.6 is 0 Å². The fourth-order valence-electron chi connectivity index (χ4n) is 3.25. The number of carbonyl (C=O) groups is 2. The van der Waals surface area contributed by atoms with Crippen LogP contribution in [0.1, 0.15) is 54.1 Å². The Hall–Kier alpha value is -2.05. The van der Waals surface area contributed by atoms with Gasteiger partial charge in [0.25, 0.3) is 0 Å². The second kappa shape index (κ2) is 7.89. The molecule has 25 heavy (non-hydrogen) atoms. The Morgan fingerprint density at radius 3 is 2.60 bits per heavy atom. The SMILES string of the molecule is CCOC(=O)c1ccc([C@H]2CCCN(C(=O)C(F)(F)F)C2)c(CC)c1. The van der Waals surface area contributed by atoms with Gasteiger partial charge in [-0.1, -0.05) is 13.0 Å². The minimum atomic E-state index is -4.84. The van der Waals surface area contributed by atoms with E-state index in [-0.39, 0.29) is 25.6 Å². The second-order valence-corrected chi connectivity index (χ2v) is 6.08. The van der Waals surface area contributed by atoms with E-state index < -0.39 is 18.1 Å². The average Bonchev–Trinajstić information content (AvgIpc) is 2.60. The highest BCUT2D eigenvalue weighted by Crippen LogP contribution is 2.32. The lowest BCUT2D eigenvalue weighted by molar-refractivity contribution is -0.186. The molecule has 138 valence electrons. The van der Waals surface area contributed by atoms with Crippen LogP contribution in [-0.2, 0) is 16.0 Å². The van der Waals surface area contributed by atoms with Crippen LogP contribution in [0.4, 0.5) is 13.2 Å². The smallest absolute Gasteiger partial charge is 0.462 e. The molecule has 7 heteroatoms. The van der Waals surface area contributed by atoms with E-state index in [9.17, 15) is 22.8 Å². The predicted octanol–water partition coefficient (Wildman–Crippen LogP) is 3.69. The molecule has 1 heterocycles. The van der Waals surface area contributed by atoms with Crippen molar-refractivity contribution in [1.29, 1.82) is 0 Å². The lowest BCUT2D eigenvalue weighted by atomic mass is 9.86. The van der Waals surface area contributed by atoms with Crippen LogP contribution in [0.5, 0.6) is 0 Å². The van der Waals surface area contributed by atoms with Gasteiger partial charge in [-0.15, -0.1) is 0 Å². The van der Waals surface area contributed by atoms with Crippen LogP contribution in [0.3, 0.4) is 0 Å². The number of benzene rings is 1. The summed E-state index contributed by atoms with van der Waals surface area (Å²) in [4.78, 5) is 24.2. The molecule has 2 rings (SSSR count). The van der Waals surface area contributed by atoms with Gasteiger partial charge in [-0.3, -0.25) is 4.79 Å². The monoisotopic (exact) mass is 357 g/mol. The zero-order valence-electron chi connectivity index (χ0n) is 14.4. The Morgan fingerprint density at radius 1 is 1.28 bits per heavy atom. The number of hydrogen-bond donors (Lipinski definition) is 0. The number of nitrogens with zero attached hydrogens (tertiary/aromatic N) is 1. The molecule has 0 saturated carbocycles. The molecule has 0 spiro atoms. The molecule has 1 atom stereocenters. The largest absolute Gasteiger partial charge is 0.471 e. The van der Waals surface area contributed by atoms with Crippen LogP contribution in [0.15, 0.2) is 18.2 Å². The van der Waals surface area contributed by atoms with Crippen molar-refractivity contribution in [2.45, 2.75) is 45.2 Å². The van der Waals surface area contributed by atoms with Gasteiger partial charge in [0, 0.05) is 19.0 Å². The highest BCUT2D eigenvalue weighted by Gasteiger charge is 2.43. The fraction of sp³-hybridized carbons (Fsp3) is 0.556. The predicted molar refractivity (Wildman–Crippen MR) is 86.4 cm³/mol. The number of rotatable bonds is 4. The van der Waals surface area contributed by atoms with Gasteiger partial charge in [-0.25, -0.2) is 4.79 Å². The van der Waals surface area contributed by atoms with Gasteiger partial charge in [0.05, 0.1) is 12.2 Å². The number of halogens is 3. The van der Waals surface area contributed by atoms with Gasteiger partial charge in [0.2, 0.25) is 0 Å². The second-order valence-electron chi connectivity index (χ2n) is 6.08. The van der Waals surface area contributed by atoms with E-state index in [1.165, 1.54) is 0 Å². The number of esters is 1. The third kappa shape index (κ3) is 4.52. The molecule has 0 radical (unpaired) electrons. The zero-order valence-corrected chi connectivity index (χ0v) is 14.4. The molecule has 1 fully saturated rings. The van der Waals surface area contributed by atoms with E-state index in [1.807, 2.05) is 6.92 Å². The third-order valence-corrected chi connectivity index (χ3v) is 4.43. The van der Waals surface area contributed by atoms with Crippen molar-refractivity contribution >= 4 is 11.9 Å². The minimum absolute atomic E-state index is 0.0457. The molecule has 0 bridgehead atoms. The van der Waals surface area contributed by atoms with Gasteiger partial charge < -0.3 is 9.64 Å². The van der Waals surface area contributed by atoms with Crippen LogP contribution < -0.4 is 0 Å². The number of amides is 1. The van der Waals surface area contributed by atoms with Crippen molar-refractivity contribution < 1.29 is 27.5 Å². The van der Waals surface area contributed by atoms with E-state index >= 15 is 0 Å². The Kier molecular flexibility index (Phi) is 6.08. The average molecular weight is 357 g/mol. The summed E-state index contributed by atoms with van der Waals surface area (Å²) in [5, 5.41) is 0. The maximum atomic E-state index is 12.7. The van der Waals surface area contributed by atoms with Crippen molar-refractivity contribution in [3.63, 3.8) is 0 Å². The highest BCUT2D eigenvalue weighted by atomic mass is 19.4. The standard InChI is InChI=1S/C18H22F3NO3/c1-3-12-10-13(16(23)25-4-2)7-8-15(12)14-6-5-9-22(11-14)17(24)18(19,20)21/h7-8,10,14H,3-6,9,11H2,1-2H3/t14-/m0/s1. The number of piperidine rings is 1. The number of likely N-dealkylation sites (tertiary alicyclic amines) is 1. The van der Waals surface area contributed by atoms with Crippen molar-refractivity contribution in [2.24, 2.45) is 0 Å². The summed E-state index contributed by atoms with van der Waals surface area (Å²) in [6.45, 7) is 4.09. The summed E-state index contributed by atoms with van der Waals surface area (Å²) in [5.74, 6) is -2.36. The van der Waals surface area contributed by atoms with Crippen molar-refractivity contribution in [3.05, 3.63) is 34.9 Å². The molecule has 1 aromatic carbocycles. The molecule has 1 saturated heterocycles. The van der Waals surface area contributed by atoms with Crippen LogP contribution in [-0.4, -0.2) is 42.6 Å². The number of hydrogen-bond acceptors (Lipinski definition) is 3. The normalized spacial score (nSPS) is 18.1. The Morgan fingerprint density at radius 2 is 2.00 bits per heavy atom. The van der Waals surface area contributed by atoms with Crippen LogP contribution in [0, 0.1) is 0 Å². The van der Waals surface area contributed by atoms with E-state index in [4.69, 9.17) is 4.74 Å². The summed E-state index contributed by atoms with van der Waals surface area (Å²) in [6, 6.07) is 5.15. The van der Waals surface area contributed by atoms with Crippen LogP contribution in [0.25, 0.3) is 0 Å². The molecule has 0 unspecified atom stereocenters. The summed E-state index contributed by atoms with van der Waals surface area (Å²) >= 11 is 0. The lowest BCUT2D eigenvalue weighted by Gasteiger charge is -2.34. The molecule has 1 amide bonds. The van der Waals surface area contributed by atoms with E-state index in [0.717, 1.165) is 16.0 Å². The zero-order chi connectivity index (χ0) is 18.6. The van der Waals surface area contributed by atoms with E-state index in [1.54, 1.807) is 25.1 Å². The van der Waals surface area contributed by atoms with Crippen molar-refractivity contribution in [3.8, 4) is 0 Å². The Labute approximate surface area is 144 Å². The lowest BCUT2D eigenvalue weighted by Crippen LogP contribution is -2.45. The first-order valence-corrected chi connectivity index (χ1v) is 8.44. The van der Waals surface area contributed by atoms with Gasteiger partial charge >= 0.3 is 18.1 Å². The molecule has 0 N–H and O–H groups in total. The maximum absolute atomic E-state index is 12.7.